The Morgan fingerprint density at radius 2 is 1.85 bits per heavy atom. The van der Waals surface area contributed by atoms with Crippen molar-refractivity contribution < 1.29 is 8.42 Å². The van der Waals surface area contributed by atoms with Crippen LogP contribution in [0.3, 0.4) is 0 Å². The number of nitrogens with zero attached hydrogens (tertiary/aromatic N) is 1. The highest BCUT2D eigenvalue weighted by Gasteiger charge is 2.12. The van der Waals surface area contributed by atoms with Gasteiger partial charge in [0.15, 0.2) is 5.96 Å². The number of guanidine groups is 1. The van der Waals surface area contributed by atoms with Crippen LogP contribution in [-0.2, 0) is 16.4 Å². The van der Waals surface area contributed by atoms with Crippen molar-refractivity contribution in [2.45, 2.75) is 25.2 Å². The molecule has 9 heteroatoms. The average molecular weight is 522 g/mol. The van der Waals surface area contributed by atoms with Gasteiger partial charge >= 0.3 is 0 Å². The van der Waals surface area contributed by atoms with Gasteiger partial charge in [0.25, 0.3) is 0 Å². The van der Waals surface area contributed by atoms with Crippen molar-refractivity contribution in [1.29, 1.82) is 0 Å². The molecule has 0 bridgehead atoms. The van der Waals surface area contributed by atoms with Gasteiger partial charge in [0.1, 0.15) is 0 Å². The highest BCUT2D eigenvalue weighted by Crippen LogP contribution is 2.09. The van der Waals surface area contributed by atoms with Crippen LogP contribution in [0.15, 0.2) is 51.7 Å². The van der Waals surface area contributed by atoms with E-state index >= 15 is 0 Å². The van der Waals surface area contributed by atoms with Crippen molar-refractivity contribution in [1.82, 2.24) is 15.4 Å². The third kappa shape index (κ3) is 8.58. The summed E-state index contributed by atoms with van der Waals surface area (Å²) in [6, 6.07) is 10.9. The first kappa shape index (κ1) is 23.9. The number of hydrogen-bond donors (Lipinski definition) is 3. The molecule has 1 heterocycles. The van der Waals surface area contributed by atoms with Crippen LogP contribution in [0.2, 0.25) is 0 Å². The molecule has 2 rings (SSSR count). The third-order valence-electron chi connectivity index (χ3n) is 3.59. The minimum Gasteiger partial charge on any atom is -0.357 e. The first-order chi connectivity index (χ1) is 12.5. The molecule has 3 N–H and O–H groups in total. The number of halogens is 1. The zero-order valence-corrected chi connectivity index (χ0v) is 19.5. The summed E-state index contributed by atoms with van der Waals surface area (Å²) in [7, 11) is -3.49. The van der Waals surface area contributed by atoms with E-state index in [0.29, 0.717) is 12.5 Å². The van der Waals surface area contributed by atoms with E-state index in [2.05, 4.69) is 31.8 Å². The minimum atomic E-state index is -3.49. The van der Waals surface area contributed by atoms with E-state index in [1.807, 2.05) is 19.9 Å². The lowest BCUT2D eigenvalue weighted by Gasteiger charge is -2.11. The van der Waals surface area contributed by atoms with Crippen molar-refractivity contribution in [3.05, 3.63) is 52.2 Å². The van der Waals surface area contributed by atoms with Gasteiger partial charge in [-0.25, -0.2) is 13.1 Å². The number of benzene rings is 1. The second-order valence-electron chi connectivity index (χ2n) is 5.73. The molecule has 1 aromatic carbocycles. The molecule has 0 fully saturated rings. The van der Waals surface area contributed by atoms with Crippen LogP contribution in [0.25, 0.3) is 0 Å². The molecule has 27 heavy (non-hydrogen) atoms. The molecule has 0 amide bonds. The summed E-state index contributed by atoms with van der Waals surface area (Å²) >= 11 is 1.73. The van der Waals surface area contributed by atoms with Gasteiger partial charge in [-0.1, -0.05) is 23.8 Å². The molecular weight excluding hydrogens is 495 g/mol. The Hall–Kier alpha value is -1.17. The largest absolute Gasteiger partial charge is 0.357 e. The summed E-state index contributed by atoms with van der Waals surface area (Å²) < 4.78 is 27.0. The second-order valence-corrected chi connectivity index (χ2v) is 8.53. The molecule has 0 unspecified atom stereocenters. The van der Waals surface area contributed by atoms with Gasteiger partial charge < -0.3 is 10.6 Å². The Balaban J connectivity index is 0.00000364. The molecule has 6 nitrogen and oxygen atoms in total. The molecule has 0 aliphatic carbocycles. The van der Waals surface area contributed by atoms with E-state index in [9.17, 15) is 8.42 Å². The molecule has 0 aliphatic heterocycles. The fourth-order valence-corrected chi connectivity index (χ4v) is 3.98. The SMILES string of the molecule is CCNC(=NCCNS(=O)(=O)c1ccc(C)cc1)NCCc1cccs1.I. The quantitative estimate of drug-likeness (QED) is 0.205. The van der Waals surface area contributed by atoms with Gasteiger partial charge in [-0.05, 0) is 43.8 Å². The summed E-state index contributed by atoms with van der Waals surface area (Å²) in [5, 5.41) is 8.49. The lowest BCUT2D eigenvalue weighted by molar-refractivity contribution is 0.582. The molecule has 0 spiro atoms. The van der Waals surface area contributed by atoms with Gasteiger partial charge in [0, 0.05) is 24.5 Å². The van der Waals surface area contributed by atoms with Crippen LogP contribution in [0, 0.1) is 6.92 Å². The molecule has 0 atom stereocenters. The lowest BCUT2D eigenvalue weighted by atomic mass is 10.2. The molecule has 150 valence electrons. The third-order valence-corrected chi connectivity index (χ3v) is 6.01. The van der Waals surface area contributed by atoms with Crippen LogP contribution in [0.1, 0.15) is 17.4 Å². The van der Waals surface area contributed by atoms with Gasteiger partial charge in [-0.15, -0.1) is 35.3 Å². The van der Waals surface area contributed by atoms with E-state index in [1.54, 1.807) is 35.6 Å². The first-order valence-corrected chi connectivity index (χ1v) is 11.0. The highest BCUT2D eigenvalue weighted by molar-refractivity contribution is 14.0. The summed E-state index contributed by atoms with van der Waals surface area (Å²) in [5.74, 6) is 0.693. The van der Waals surface area contributed by atoms with Crippen molar-refractivity contribution in [2.24, 2.45) is 4.99 Å². The fraction of sp³-hybridized carbons (Fsp3) is 0.389. The number of sulfonamides is 1. The number of hydrogen-bond acceptors (Lipinski definition) is 4. The number of nitrogens with one attached hydrogen (secondary N) is 3. The van der Waals surface area contributed by atoms with Crippen LogP contribution >= 0.6 is 35.3 Å². The lowest BCUT2D eigenvalue weighted by Crippen LogP contribution is -2.39. The predicted octanol–water partition coefficient (Wildman–Crippen LogP) is 2.75. The van der Waals surface area contributed by atoms with E-state index < -0.39 is 10.0 Å². The van der Waals surface area contributed by atoms with Crippen LogP contribution in [0.5, 0.6) is 0 Å². The normalized spacial score (nSPS) is 11.7. The van der Waals surface area contributed by atoms with E-state index in [1.165, 1.54) is 4.88 Å². The Morgan fingerprint density at radius 1 is 1.11 bits per heavy atom. The molecule has 0 aliphatic rings. The Kier molecular flexibility index (Phi) is 10.9. The van der Waals surface area contributed by atoms with Crippen LogP contribution in [0.4, 0.5) is 0 Å². The fourth-order valence-electron chi connectivity index (χ4n) is 2.25. The maximum Gasteiger partial charge on any atom is 0.240 e. The zero-order chi connectivity index (χ0) is 18.8. The standard InChI is InChI=1S/C18H26N4O2S2.HI/c1-3-19-18(20-11-10-16-5-4-14-25-16)21-12-13-22-26(23,24)17-8-6-15(2)7-9-17;/h4-9,14,22H,3,10-13H2,1-2H3,(H2,19,20,21);1H. The monoisotopic (exact) mass is 522 g/mol. The van der Waals surface area contributed by atoms with E-state index in [0.717, 1.165) is 25.1 Å². The average Bonchev–Trinajstić information content (AvgIpc) is 3.12. The Bertz CT molecular complexity index is 791. The summed E-state index contributed by atoms with van der Waals surface area (Å²) in [6.07, 6.45) is 0.933. The molecular formula is C18H27IN4O2S2. The van der Waals surface area contributed by atoms with E-state index in [4.69, 9.17) is 0 Å². The summed E-state index contributed by atoms with van der Waals surface area (Å²) in [4.78, 5) is 6.00. The maximum atomic E-state index is 12.2. The van der Waals surface area contributed by atoms with Gasteiger partial charge in [-0.3, -0.25) is 4.99 Å². The van der Waals surface area contributed by atoms with Gasteiger partial charge in [0.05, 0.1) is 11.4 Å². The van der Waals surface area contributed by atoms with E-state index in [-0.39, 0.29) is 35.4 Å². The van der Waals surface area contributed by atoms with Crippen molar-refractivity contribution in [3.8, 4) is 0 Å². The topological polar surface area (TPSA) is 82.6 Å². The molecule has 2 aromatic rings. The predicted molar refractivity (Wildman–Crippen MR) is 124 cm³/mol. The highest BCUT2D eigenvalue weighted by atomic mass is 127. The van der Waals surface area contributed by atoms with Crippen LogP contribution in [-0.4, -0.2) is 40.6 Å². The number of aliphatic imine (C=N–C) groups is 1. The molecule has 0 saturated heterocycles. The molecule has 0 radical (unpaired) electrons. The minimum absolute atomic E-state index is 0. The number of thiophene rings is 1. The van der Waals surface area contributed by atoms with Gasteiger partial charge in [-0.2, -0.15) is 0 Å². The van der Waals surface area contributed by atoms with Crippen molar-refractivity contribution in [3.63, 3.8) is 0 Å². The summed E-state index contributed by atoms with van der Waals surface area (Å²) in [6.45, 7) is 6.06. The number of rotatable bonds is 9. The molecule has 0 saturated carbocycles. The number of aryl methyl sites for hydroxylation is 1. The Morgan fingerprint density at radius 3 is 2.48 bits per heavy atom. The zero-order valence-electron chi connectivity index (χ0n) is 15.6. The van der Waals surface area contributed by atoms with Crippen molar-refractivity contribution >= 4 is 51.3 Å². The first-order valence-electron chi connectivity index (χ1n) is 8.62. The Labute approximate surface area is 182 Å². The van der Waals surface area contributed by atoms with Gasteiger partial charge in [0.2, 0.25) is 10.0 Å². The van der Waals surface area contributed by atoms with Crippen LogP contribution < -0.4 is 15.4 Å². The second kappa shape index (κ2) is 12.3. The maximum absolute atomic E-state index is 12.2. The van der Waals surface area contributed by atoms with Crippen molar-refractivity contribution in [2.75, 3.05) is 26.2 Å². The molecule has 1 aromatic heterocycles. The smallest absolute Gasteiger partial charge is 0.240 e. The summed E-state index contributed by atoms with van der Waals surface area (Å²) in [5.41, 5.74) is 1.03.